The molecule has 0 spiro atoms. The van der Waals surface area contributed by atoms with Gasteiger partial charge in [0.1, 0.15) is 6.61 Å². The Morgan fingerprint density at radius 3 is 2.61 bits per heavy atom. The number of halogens is 2. The molecule has 0 saturated carbocycles. The molecule has 0 aliphatic heterocycles. The third-order valence-electron chi connectivity index (χ3n) is 2.39. The van der Waals surface area contributed by atoms with Crippen LogP contribution in [-0.4, -0.2) is 26.4 Å². The van der Waals surface area contributed by atoms with Crippen molar-refractivity contribution >= 4 is 27.5 Å². The zero-order chi connectivity index (χ0) is 13.5. The van der Waals surface area contributed by atoms with Gasteiger partial charge in [-0.1, -0.05) is 0 Å². The maximum Gasteiger partial charge on any atom is 0.175 e. The van der Waals surface area contributed by atoms with Crippen molar-refractivity contribution in [3.8, 4) is 11.5 Å². The number of ether oxygens (including phenoxy) is 3. The summed E-state index contributed by atoms with van der Waals surface area (Å²) in [5.41, 5.74) is 0.985. The third-order valence-corrected chi connectivity index (χ3v) is 3.29. The molecule has 0 aromatic heterocycles. The summed E-state index contributed by atoms with van der Waals surface area (Å²) in [6.07, 6.45) is 0.0269. The van der Waals surface area contributed by atoms with Crippen molar-refractivity contribution in [1.29, 1.82) is 0 Å². The van der Waals surface area contributed by atoms with E-state index in [9.17, 15) is 0 Å². The summed E-state index contributed by atoms with van der Waals surface area (Å²) in [6.45, 7) is 4.92. The summed E-state index contributed by atoms with van der Waals surface area (Å²) in [4.78, 5) is 0. The van der Waals surface area contributed by atoms with Crippen molar-refractivity contribution in [2.24, 2.45) is 0 Å². The first kappa shape index (κ1) is 15.6. The Kier molecular flexibility index (Phi) is 6.82. The molecular formula is C13H18BrClO3. The smallest absolute Gasteiger partial charge is 0.175 e. The predicted molar refractivity (Wildman–Crippen MR) is 76.8 cm³/mol. The zero-order valence-corrected chi connectivity index (χ0v) is 13.2. The van der Waals surface area contributed by atoms with Crippen LogP contribution in [0.1, 0.15) is 19.4 Å². The lowest BCUT2D eigenvalue weighted by Crippen LogP contribution is -2.16. The summed E-state index contributed by atoms with van der Waals surface area (Å²) in [6, 6.07) is 3.83. The highest BCUT2D eigenvalue weighted by molar-refractivity contribution is 9.10. The van der Waals surface area contributed by atoms with Crippen LogP contribution in [0.25, 0.3) is 0 Å². The number of benzene rings is 1. The van der Waals surface area contributed by atoms with Gasteiger partial charge in [-0.05, 0) is 47.5 Å². The fourth-order valence-corrected chi connectivity index (χ4v) is 2.13. The molecule has 1 aromatic carbocycles. The van der Waals surface area contributed by atoms with Gasteiger partial charge in [0.2, 0.25) is 0 Å². The predicted octanol–water partition coefficient (Wildman–Crippen LogP) is 4.00. The molecular weight excluding hydrogens is 319 g/mol. The van der Waals surface area contributed by atoms with Crippen LogP contribution in [-0.2, 0) is 10.6 Å². The van der Waals surface area contributed by atoms with Gasteiger partial charge < -0.3 is 14.2 Å². The molecule has 5 heteroatoms. The zero-order valence-electron chi connectivity index (χ0n) is 10.8. The van der Waals surface area contributed by atoms with Gasteiger partial charge in [-0.15, -0.1) is 11.6 Å². The van der Waals surface area contributed by atoms with E-state index < -0.39 is 0 Å². The third kappa shape index (κ3) is 4.34. The average Bonchev–Trinajstić information content (AvgIpc) is 2.37. The topological polar surface area (TPSA) is 27.7 Å². The van der Waals surface area contributed by atoms with E-state index in [4.69, 9.17) is 25.8 Å². The normalized spacial score (nSPS) is 12.3. The minimum Gasteiger partial charge on any atom is -0.490 e. The van der Waals surface area contributed by atoms with Crippen molar-refractivity contribution < 1.29 is 14.2 Å². The van der Waals surface area contributed by atoms with E-state index >= 15 is 0 Å². The van der Waals surface area contributed by atoms with Gasteiger partial charge in [0.05, 0.1) is 17.2 Å². The van der Waals surface area contributed by atoms with Crippen LogP contribution < -0.4 is 9.47 Å². The van der Waals surface area contributed by atoms with Gasteiger partial charge in [0, 0.05) is 13.0 Å². The van der Waals surface area contributed by atoms with Gasteiger partial charge in [-0.25, -0.2) is 0 Å². The number of hydrogen-bond acceptors (Lipinski definition) is 3. The highest BCUT2D eigenvalue weighted by Gasteiger charge is 2.13. The van der Waals surface area contributed by atoms with E-state index in [1.807, 2.05) is 26.0 Å². The number of hydrogen-bond donors (Lipinski definition) is 0. The van der Waals surface area contributed by atoms with Crippen LogP contribution in [0.2, 0.25) is 0 Å². The van der Waals surface area contributed by atoms with Gasteiger partial charge in [-0.3, -0.25) is 0 Å². The highest BCUT2D eigenvalue weighted by atomic mass is 79.9. The van der Waals surface area contributed by atoms with E-state index in [1.165, 1.54) is 0 Å². The Bertz CT molecular complexity index is 385. The van der Waals surface area contributed by atoms with Crippen LogP contribution in [0.3, 0.4) is 0 Å². The summed E-state index contributed by atoms with van der Waals surface area (Å²) in [5, 5.41) is 0. The lowest BCUT2D eigenvalue weighted by Gasteiger charge is -2.17. The summed E-state index contributed by atoms with van der Waals surface area (Å²) < 4.78 is 17.3. The lowest BCUT2D eigenvalue weighted by molar-refractivity contribution is 0.0700. The van der Waals surface area contributed by atoms with E-state index in [-0.39, 0.29) is 6.10 Å². The molecule has 1 unspecified atom stereocenters. The first-order valence-electron chi connectivity index (χ1n) is 5.79. The fraction of sp³-hybridized carbons (Fsp3) is 0.538. The maximum atomic E-state index is 5.84. The molecule has 0 aliphatic carbocycles. The maximum absolute atomic E-state index is 5.84. The molecule has 1 aromatic rings. The minimum atomic E-state index is 0.0269. The van der Waals surface area contributed by atoms with Crippen molar-refractivity contribution in [2.45, 2.75) is 25.8 Å². The van der Waals surface area contributed by atoms with E-state index in [2.05, 4.69) is 15.9 Å². The molecule has 0 radical (unpaired) electrons. The van der Waals surface area contributed by atoms with Gasteiger partial charge >= 0.3 is 0 Å². The van der Waals surface area contributed by atoms with Crippen LogP contribution in [0.4, 0.5) is 0 Å². The first-order valence-corrected chi connectivity index (χ1v) is 7.11. The van der Waals surface area contributed by atoms with Crippen LogP contribution >= 0.6 is 27.5 Å². The molecule has 0 bridgehead atoms. The van der Waals surface area contributed by atoms with Gasteiger partial charge in [0.15, 0.2) is 11.5 Å². The van der Waals surface area contributed by atoms with Gasteiger partial charge in [0.25, 0.3) is 0 Å². The van der Waals surface area contributed by atoms with Crippen molar-refractivity contribution in [2.75, 3.05) is 20.3 Å². The number of alkyl halides is 1. The Hall–Kier alpha value is -0.450. The van der Waals surface area contributed by atoms with Crippen LogP contribution in [0.15, 0.2) is 16.6 Å². The Morgan fingerprint density at radius 2 is 2.06 bits per heavy atom. The second kappa shape index (κ2) is 7.87. The minimum absolute atomic E-state index is 0.0269. The molecule has 0 heterocycles. The molecule has 1 atom stereocenters. The van der Waals surface area contributed by atoms with E-state index in [0.29, 0.717) is 30.6 Å². The van der Waals surface area contributed by atoms with E-state index in [1.54, 1.807) is 7.11 Å². The Morgan fingerprint density at radius 1 is 1.33 bits per heavy atom. The van der Waals surface area contributed by atoms with Crippen molar-refractivity contribution in [3.63, 3.8) is 0 Å². The first-order chi connectivity index (χ1) is 8.62. The monoisotopic (exact) mass is 336 g/mol. The largest absolute Gasteiger partial charge is 0.490 e. The van der Waals surface area contributed by atoms with Gasteiger partial charge in [-0.2, -0.15) is 0 Å². The molecule has 0 N–H and O–H groups in total. The molecule has 18 heavy (non-hydrogen) atoms. The molecule has 102 valence electrons. The second-order valence-corrected chi connectivity index (χ2v) is 4.95. The summed E-state index contributed by atoms with van der Waals surface area (Å²) in [5.74, 6) is 1.83. The molecule has 0 aliphatic rings. The molecule has 0 saturated heterocycles. The SMILES string of the molecule is CCOc1cc(CCl)cc(Br)c1OCC(C)OC. The standard InChI is InChI=1S/C13H18BrClO3/c1-4-17-12-6-10(7-15)5-11(14)13(12)18-8-9(2)16-3/h5-6,9H,4,7-8H2,1-3H3. The molecule has 1 rings (SSSR count). The van der Waals surface area contributed by atoms with Crippen LogP contribution in [0, 0.1) is 0 Å². The summed E-state index contributed by atoms with van der Waals surface area (Å²) in [7, 11) is 1.66. The molecule has 0 amide bonds. The summed E-state index contributed by atoms with van der Waals surface area (Å²) >= 11 is 9.31. The highest BCUT2D eigenvalue weighted by Crippen LogP contribution is 2.37. The van der Waals surface area contributed by atoms with Crippen molar-refractivity contribution in [3.05, 3.63) is 22.2 Å². The lowest BCUT2D eigenvalue weighted by atomic mass is 10.2. The fourth-order valence-electron chi connectivity index (χ4n) is 1.37. The molecule has 0 fully saturated rings. The number of rotatable bonds is 7. The second-order valence-electron chi connectivity index (χ2n) is 3.83. The van der Waals surface area contributed by atoms with Crippen molar-refractivity contribution in [1.82, 2.24) is 0 Å². The Balaban J connectivity index is 2.92. The quantitative estimate of drug-likeness (QED) is 0.704. The van der Waals surface area contributed by atoms with Crippen LogP contribution in [0.5, 0.6) is 11.5 Å². The molecule has 3 nitrogen and oxygen atoms in total. The average molecular weight is 338 g/mol. The Labute approximate surface area is 121 Å². The van der Waals surface area contributed by atoms with E-state index in [0.717, 1.165) is 10.0 Å². The number of methoxy groups -OCH3 is 1.